The first-order valence-corrected chi connectivity index (χ1v) is 8.41. The number of rotatable bonds is 6. The van der Waals surface area contributed by atoms with E-state index in [1.807, 2.05) is 37.9 Å². The fraction of sp³-hybridized carbons (Fsp3) is 0.765. The maximum atomic E-state index is 12.2. The van der Waals surface area contributed by atoms with Crippen molar-refractivity contribution in [3.05, 3.63) is 18.7 Å². The molecule has 1 aromatic heterocycles. The molecule has 1 amide bonds. The first kappa shape index (κ1) is 17.8. The molecule has 1 aromatic rings. The van der Waals surface area contributed by atoms with Gasteiger partial charge in [0, 0.05) is 32.1 Å². The Morgan fingerprint density at radius 1 is 1.39 bits per heavy atom. The summed E-state index contributed by atoms with van der Waals surface area (Å²) in [4.78, 5) is 18.0. The molecule has 0 saturated carbocycles. The van der Waals surface area contributed by atoms with Crippen LogP contribution in [0.2, 0.25) is 0 Å². The van der Waals surface area contributed by atoms with Gasteiger partial charge in [-0.2, -0.15) is 0 Å². The molecule has 0 aromatic carbocycles. The van der Waals surface area contributed by atoms with Crippen LogP contribution in [-0.4, -0.2) is 51.4 Å². The first-order valence-electron chi connectivity index (χ1n) is 8.41. The van der Waals surface area contributed by atoms with Gasteiger partial charge in [0.15, 0.2) is 0 Å². The number of carbonyl (C=O) groups excluding carboxylic acids is 1. The second-order valence-electron chi connectivity index (χ2n) is 7.19. The number of amides is 1. The van der Waals surface area contributed by atoms with Crippen molar-refractivity contribution in [1.82, 2.24) is 14.5 Å². The van der Waals surface area contributed by atoms with Crippen LogP contribution in [-0.2, 0) is 16.0 Å². The van der Waals surface area contributed by atoms with E-state index in [1.165, 1.54) is 0 Å². The molecule has 0 N–H and O–H groups in total. The van der Waals surface area contributed by atoms with Gasteiger partial charge in [-0.05, 0) is 40.0 Å². The van der Waals surface area contributed by atoms with E-state index in [2.05, 4.69) is 11.9 Å². The van der Waals surface area contributed by atoms with Crippen molar-refractivity contribution in [1.29, 1.82) is 0 Å². The van der Waals surface area contributed by atoms with E-state index in [1.54, 1.807) is 11.1 Å². The molecule has 1 atom stereocenters. The minimum Gasteiger partial charge on any atom is -0.444 e. The molecule has 2 rings (SSSR count). The molecule has 0 aliphatic carbocycles. The predicted octanol–water partition coefficient (Wildman–Crippen LogP) is 3.08. The van der Waals surface area contributed by atoms with Crippen molar-refractivity contribution >= 4 is 6.09 Å². The van der Waals surface area contributed by atoms with E-state index in [0.29, 0.717) is 19.7 Å². The van der Waals surface area contributed by atoms with Crippen molar-refractivity contribution in [3.8, 4) is 0 Å². The number of carbonyl (C=O) groups is 1. The Balaban J connectivity index is 1.78. The summed E-state index contributed by atoms with van der Waals surface area (Å²) in [5.74, 6) is 0. The van der Waals surface area contributed by atoms with Crippen molar-refractivity contribution in [3.63, 3.8) is 0 Å². The molecule has 23 heavy (non-hydrogen) atoms. The summed E-state index contributed by atoms with van der Waals surface area (Å²) in [5, 5.41) is 0. The number of likely N-dealkylation sites (tertiary alicyclic amines) is 1. The molecule has 1 fully saturated rings. The second kappa shape index (κ2) is 7.34. The lowest BCUT2D eigenvalue weighted by atomic mass is 10.00. The van der Waals surface area contributed by atoms with Crippen LogP contribution in [0.25, 0.3) is 0 Å². The molecule has 1 aliphatic heterocycles. The van der Waals surface area contributed by atoms with Crippen LogP contribution in [0.3, 0.4) is 0 Å². The fourth-order valence-corrected chi connectivity index (χ4v) is 2.79. The topological polar surface area (TPSA) is 56.6 Å². The summed E-state index contributed by atoms with van der Waals surface area (Å²) < 4.78 is 13.7. The molecule has 1 unspecified atom stereocenters. The summed E-state index contributed by atoms with van der Waals surface area (Å²) >= 11 is 0. The number of hydrogen-bond donors (Lipinski definition) is 0. The van der Waals surface area contributed by atoms with Gasteiger partial charge in [-0.1, -0.05) is 6.92 Å². The quantitative estimate of drug-likeness (QED) is 0.755. The Bertz CT molecular complexity index is 496. The molecular formula is C17H29N3O3. The van der Waals surface area contributed by atoms with Crippen molar-refractivity contribution in [2.24, 2.45) is 0 Å². The highest BCUT2D eigenvalue weighted by atomic mass is 16.6. The van der Waals surface area contributed by atoms with Gasteiger partial charge in [0.25, 0.3) is 0 Å². The van der Waals surface area contributed by atoms with Gasteiger partial charge in [0.2, 0.25) is 0 Å². The zero-order chi connectivity index (χ0) is 16.9. The van der Waals surface area contributed by atoms with Crippen LogP contribution in [0.4, 0.5) is 4.79 Å². The van der Waals surface area contributed by atoms with E-state index in [9.17, 15) is 4.79 Å². The number of imidazole rings is 1. The summed E-state index contributed by atoms with van der Waals surface area (Å²) in [6.45, 7) is 10.7. The smallest absolute Gasteiger partial charge is 0.410 e. The van der Waals surface area contributed by atoms with E-state index in [0.717, 1.165) is 25.8 Å². The highest BCUT2D eigenvalue weighted by molar-refractivity contribution is 5.68. The minimum absolute atomic E-state index is 0.230. The number of nitrogens with zero attached hydrogens (tertiary/aromatic N) is 3. The van der Waals surface area contributed by atoms with Gasteiger partial charge < -0.3 is 18.9 Å². The van der Waals surface area contributed by atoms with Gasteiger partial charge in [0.1, 0.15) is 5.60 Å². The van der Waals surface area contributed by atoms with Gasteiger partial charge in [-0.3, -0.25) is 0 Å². The van der Waals surface area contributed by atoms with Crippen LogP contribution in [0.1, 0.15) is 47.0 Å². The van der Waals surface area contributed by atoms with Crippen LogP contribution in [0.5, 0.6) is 0 Å². The lowest BCUT2D eigenvalue weighted by Crippen LogP contribution is -2.40. The molecule has 6 heteroatoms. The molecule has 1 saturated heterocycles. The van der Waals surface area contributed by atoms with Crippen LogP contribution < -0.4 is 0 Å². The van der Waals surface area contributed by atoms with Gasteiger partial charge in [-0.25, -0.2) is 9.78 Å². The lowest BCUT2D eigenvalue weighted by molar-refractivity contribution is -0.0442. The second-order valence-corrected chi connectivity index (χ2v) is 7.19. The molecule has 6 nitrogen and oxygen atoms in total. The molecule has 0 radical (unpaired) electrons. The van der Waals surface area contributed by atoms with Crippen molar-refractivity contribution in [2.45, 2.75) is 64.7 Å². The summed E-state index contributed by atoms with van der Waals surface area (Å²) in [7, 11) is 0. The SMILES string of the molecule is CCC1(OCCCn2ccnc2)CCN(C(=O)OC(C)(C)C)C1. The van der Waals surface area contributed by atoms with Crippen molar-refractivity contribution < 1.29 is 14.3 Å². The number of aromatic nitrogens is 2. The van der Waals surface area contributed by atoms with Gasteiger partial charge in [-0.15, -0.1) is 0 Å². The third kappa shape index (κ3) is 5.23. The van der Waals surface area contributed by atoms with E-state index < -0.39 is 5.60 Å². The molecule has 0 bridgehead atoms. The van der Waals surface area contributed by atoms with E-state index in [4.69, 9.17) is 9.47 Å². The van der Waals surface area contributed by atoms with Crippen molar-refractivity contribution in [2.75, 3.05) is 19.7 Å². The highest BCUT2D eigenvalue weighted by Crippen LogP contribution is 2.30. The Hall–Kier alpha value is -1.56. The van der Waals surface area contributed by atoms with Crippen LogP contribution >= 0.6 is 0 Å². The Labute approximate surface area is 138 Å². The third-order valence-electron chi connectivity index (χ3n) is 4.14. The Kier molecular flexibility index (Phi) is 5.68. The zero-order valence-corrected chi connectivity index (χ0v) is 14.7. The largest absolute Gasteiger partial charge is 0.444 e. The van der Waals surface area contributed by atoms with Gasteiger partial charge >= 0.3 is 6.09 Å². The highest BCUT2D eigenvalue weighted by Gasteiger charge is 2.40. The van der Waals surface area contributed by atoms with E-state index in [-0.39, 0.29) is 11.7 Å². The predicted molar refractivity (Wildman–Crippen MR) is 88.2 cm³/mol. The maximum Gasteiger partial charge on any atom is 0.410 e. The number of ether oxygens (including phenoxy) is 2. The standard InChI is InChI=1S/C17H29N3O3/c1-5-17(22-12-6-9-19-11-8-18-14-19)7-10-20(13-17)15(21)23-16(2,3)4/h8,11,14H,5-7,9-10,12-13H2,1-4H3. The molecular weight excluding hydrogens is 294 g/mol. The Morgan fingerprint density at radius 2 is 2.17 bits per heavy atom. The lowest BCUT2D eigenvalue weighted by Gasteiger charge is -2.29. The average molecular weight is 323 g/mol. The van der Waals surface area contributed by atoms with Crippen LogP contribution in [0, 0.1) is 0 Å². The third-order valence-corrected chi connectivity index (χ3v) is 4.14. The average Bonchev–Trinajstić information content (AvgIpc) is 3.12. The fourth-order valence-electron chi connectivity index (χ4n) is 2.79. The molecule has 0 spiro atoms. The molecule has 1 aliphatic rings. The maximum absolute atomic E-state index is 12.2. The molecule has 130 valence electrons. The monoisotopic (exact) mass is 323 g/mol. The number of hydrogen-bond acceptors (Lipinski definition) is 4. The summed E-state index contributed by atoms with van der Waals surface area (Å²) in [6, 6.07) is 0. The van der Waals surface area contributed by atoms with Gasteiger partial charge in [0.05, 0.1) is 18.5 Å². The Morgan fingerprint density at radius 3 is 2.78 bits per heavy atom. The minimum atomic E-state index is -0.458. The normalized spacial score (nSPS) is 21.7. The summed E-state index contributed by atoms with van der Waals surface area (Å²) in [6.07, 6.45) is 8.01. The number of aryl methyl sites for hydroxylation is 1. The zero-order valence-electron chi connectivity index (χ0n) is 14.7. The van der Waals surface area contributed by atoms with Crippen LogP contribution in [0.15, 0.2) is 18.7 Å². The first-order chi connectivity index (χ1) is 10.8. The molecule has 2 heterocycles. The summed E-state index contributed by atoms with van der Waals surface area (Å²) in [5.41, 5.74) is -0.688. The van der Waals surface area contributed by atoms with E-state index >= 15 is 0 Å².